The number of thiophene rings is 1. The van der Waals surface area contributed by atoms with Gasteiger partial charge in [0.15, 0.2) is 0 Å². The van der Waals surface area contributed by atoms with Gasteiger partial charge >= 0.3 is 0 Å². The van der Waals surface area contributed by atoms with Crippen LogP contribution < -0.4 is 5.73 Å². The molecule has 1 heterocycles. The van der Waals surface area contributed by atoms with Gasteiger partial charge in [0.25, 0.3) is 0 Å². The lowest BCUT2D eigenvalue weighted by Crippen LogP contribution is -2.40. The molecule has 0 aromatic carbocycles. The summed E-state index contributed by atoms with van der Waals surface area (Å²) in [5, 5.41) is 4.38. The third-order valence-electron chi connectivity index (χ3n) is 4.20. The van der Waals surface area contributed by atoms with Crippen molar-refractivity contribution in [3.63, 3.8) is 0 Å². The van der Waals surface area contributed by atoms with Crippen LogP contribution in [-0.2, 0) is 0 Å². The summed E-state index contributed by atoms with van der Waals surface area (Å²) in [5.74, 6) is 0.914. The molecule has 0 radical (unpaired) electrons. The maximum Gasteiger partial charge on any atom is 0.0478 e. The van der Waals surface area contributed by atoms with Crippen LogP contribution in [0.2, 0.25) is 0 Å². The summed E-state index contributed by atoms with van der Waals surface area (Å²) in [5.41, 5.74) is 7.35. The van der Waals surface area contributed by atoms with E-state index in [0.29, 0.717) is 6.04 Å². The average molecular weight is 252 g/mol. The normalized spacial score (nSPS) is 27.3. The van der Waals surface area contributed by atoms with E-state index in [1.165, 1.54) is 31.2 Å². The number of hydrogen-bond donors (Lipinski definition) is 1. The molecule has 2 N–H and O–H groups in total. The molecule has 0 spiro atoms. The Labute approximate surface area is 109 Å². The summed E-state index contributed by atoms with van der Waals surface area (Å²) < 4.78 is 0. The molecule has 0 amide bonds. The van der Waals surface area contributed by atoms with Crippen molar-refractivity contribution in [2.75, 3.05) is 13.6 Å². The van der Waals surface area contributed by atoms with Gasteiger partial charge in [0.05, 0.1) is 0 Å². The monoisotopic (exact) mass is 252 g/mol. The van der Waals surface area contributed by atoms with E-state index in [1.807, 2.05) is 0 Å². The molecule has 1 aliphatic rings. The molecular formula is C14H24N2S. The molecule has 3 heteroatoms. The Morgan fingerprint density at radius 2 is 2.12 bits per heavy atom. The molecular weight excluding hydrogens is 228 g/mol. The van der Waals surface area contributed by atoms with E-state index in [1.54, 1.807) is 11.3 Å². The van der Waals surface area contributed by atoms with Gasteiger partial charge in [-0.3, -0.25) is 4.90 Å². The van der Waals surface area contributed by atoms with Crippen LogP contribution in [0.4, 0.5) is 0 Å². The topological polar surface area (TPSA) is 29.3 Å². The van der Waals surface area contributed by atoms with Crippen LogP contribution in [0.1, 0.15) is 44.2 Å². The molecule has 2 nitrogen and oxygen atoms in total. The van der Waals surface area contributed by atoms with Gasteiger partial charge in [-0.15, -0.1) is 0 Å². The third kappa shape index (κ3) is 3.09. The predicted octanol–water partition coefficient (Wildman–Crippen LogP) is 3.26. The van der Waals surface area contributed by atoms with Crippen LogP contribution in [0.5, 0.6) is 0 Å². The Hall–Kier alpha value is -0.380. The first-order valence-electron chi connectivity index (χ1n) is 6.66. The summed E-state index contributed by atoms with van der Waals surface area (Å²) in [7, 11) is 2.25. The van der Waals surface area contributed by atoms with Crippen LogP contribution in [0.25, 0.3) is 0 Å². The van der Waals surface area contributed by atoms with Crippen LogP contribution in [0.3, 0.4) is 0 Å². The van der Waals surface area contributed by atoms with Gasteiger partial charge in [0, 0.05) is 18.6 Å². The Morgan fingerprint density at radius 3 is 2.65 bits per heavy atom. The molecule has 1 aliphatic carbocycles. The maximum absolute atomic E-state index is 5.96. The molecule has 0 bridgehead atoms. The highest BCUT2D eigenvalue weighted by molar-refractivity contribution is 7.07. The maximum atomic E-state index is 5.96. The summed E-state index contributed by atoms with van der Waals surface area (Å²) >= 11 is 1.77. The minimum atomic E-state index is 0.402. The second kappa shape index (κ2) is 5.98. The lowest BCUT2D eigenvalue weighted by atomic mass is 9.86. The van der Waals surface area contributed by atoms with Crippen molar-refractivity contribution in [3.05, 3.63) is 22.4 Å². The lowest BCUT2D eigenvalue weighted by molar-refractivity contribution is 0.126. The molecule has 1 atom stereocenters. The van der Waals surface area contributed by atoms with Gasteiger partial charge in [-0.05, 0) is 61.0 Å². The summed E-state index contributed by atoms with van der Waals surface area (Å²) in [6, 6.07) is 3.34. The van der Waals surface area contributed by atoms with Gasteiger partial charge in [-0.2, -0.15) is 11.3 Å². The van der Waals surface area contributed by atoms with E-state index >= 15 is 0 Å². The minimum absolute atomic E-state index is 0.402. The van der Waals surface area contributed by atoms with E-state index in [-0.39, 0.29) is 0 Å². The number of likely N-dealkylation sites (N-methyl/N-ethyl adjacent to an activating group) is 1. The molecule has 1 aromatic rings. The number of rotatable bonds is 4. The molecule has 96 valence electrons. The number of nitrogens with two attached hydrogens (primary N) is 1. The van der Waals surface area contributed by atoms with E-state index in [9.17, 15) is 0 Å². The second-order valence-corrected chi connectivity index (χ2v) is 6.17. The van der Waals surface area contributed by atoms with Gasteiger partial charge in [-0.25, -0.2) is 0 Å². The van der Waals surface area contributed by atoms with E-state index < -0.39 is 0 Å². The quantitative estimate of drug-likeness (QED) is 0.891. The van der Waals surface area contributed by atoms with Crippen LogP contribution in [0.15, 0.2) is 16.8 Å². The molecule has 1 unspecified atom stereocenters. The van der Waals surface area contributed by atoms with E-state index in [4.69, 9.17) is 5.73 Å². The second-order valence-electron chi connectivity index (χ2n) is 5.39. The minimum Gasteiger partial charge on any atom is -0.329 e. The summed E-state index contributed by atoms with van der Waals surface area (Å²) in [6.45, 7) is 3.09. The van der Waals surface area contributed by atoms with Gasteiger partial charge in [0.1, 0.15) is 0 Å². The Balaban J connectivity index is 2.00. The van der Waals surface area contributed by atoms with Crippen LogP contribution in [-0.4, -0.2) is 24.5 Å². The third-order valence-corrected chi connectivity index (χ3v) is 4.91. The molecule has 1 saturated carbocycles. The van der Waals surface area contributed by atoms with Crippen molar-refractivity contribution >= 4 is 11.3 Å². The van der Waals surface area contributed by atoms with E-state index in [0.717, 1.165) is 18.5 Å². The first-order chi connectivity index (χ1) is 8.22. The molecule has 0 aliphatic heterocycles. The van der Waals surface area contributed by atoms with Crippen molar-refractivity contribution < 1.29 is 0 Å². The highest BCUT2D eigenvalue weighted by Crippen LogP contribution is 2.31. The highest BCUT2D eigenvalue weighted by Gasteiger charge is 2.26. The fourth-order valence-electron chi connectivity index (χ4n) is 2.91. The van der Waals surface area contributed by atoms with Crippen molar-refractivity contribution in [2.45, 2.75) is 44.7 Å². The van der Waals surface area contributed by atoms with Gasteiger partial charge in [-0.1, -0.05) is 6.92 Å². The Kier molecular flexibility index (Phi) is 4.60. The smallest absolute Gasteiger partial charge is 0.0478 e. The first kappa shape index (κ1) is 13.1. The number of nitrogens with zero attached hydrogens (tertiary/aromatic N) is 1. The molecule has 1 aromatic heterocycles. The Bertz CT molecular complexity index is 315. The number of hydrogen-bond acceptors (Lipinski definition) is 3. The highest BCUT2D eigenvalue weighted by atomic mass is 32.1. The van der Waals surface area contributed by atoms with Gasteiger partial charge < -0.3 is 5.73 Å². The predicted molar refractivity (Wildman–Crippen MR) is 75.3 cm³/mol. The fraction of sp³-hybridized carbons (Fsp3) is 0.714. The molecule has 1 fully saturated rings. The fourth-order valence-corrected chi connectivity index (χ4v) is 3.61. The zero-order valence-electron chi connectivity index (χ0n) is 10.9. The average Bonchev–Trinajstić information content (AvgIpc) is 2.84. The lowest BCUT2D eigenvalue weighted by Gasteiger charge is -2.38. The van der Waals surface area contributed by atoms with Crippen molar-refractivity contribution in [1.82, 2.24) is 4.90 Å². The molecule has 17 heavy (non-hydrogen) atoms. The largest absolute Gasteiger partial charge is 0.329 e. The Morgan fingerprint density at radius 1 is 1.41 bits per heavy atom. The standard InChI is InChI=1S/C14H24N2S/c1-11-3-5-13(6-4-11)16(2)14(9-15)12-7-8-17-10-12/h7-8,10-11,13-14H,3-6,9,15H2,1-2H3. The first-order valence-corrected chi connectivity index (χ1v) is 7.60. The van der Waals surface area contributed by atoms with Crippen molar-refractivity contribution in [1.29, 1.82) is 0 Å². The SMILES string of the molecule is CC1CCC(N(C)C(CN)c2ccsc2)CC1. The summed E-state index contributed by atoms with van der Waals surface area (Å²) in [4.78, 5) is 2.51. The molecule has 0 saturated heterocycles. The zero-order valence-corrected chi connectivity index (χ0v) is 11.7. The van der Waals surface area contributed by atoms with Crippen LogP contribution >= 0.6 is 11.3 Å². The van der Waals surface area contributed by atoms with E-state index in [2.05, 4.69) is 35.7 Å². The van der Waals surface area contributed by atoms with Crippen LogP contribution in [0, 0.1) is 5.92 Å². The van der Waals surface area contributed by atoms with Crippen molar-refractivity contribution in [3.8, 4) is 0 Å². The zero-order chi connectivity index (χ0) is 12.3. The van der Waals surface area contributed by atoms with Crippen molar-refractivity contribution in [2.24, 2.45) is 11.7 Å². The molecule has 2 rings (SSSR count). The van der Waals surface area contributed by atoms with Gasteiger partial charge in [0.2, 0.25) is 0 Å². The summed E-state index contributed by atoms with van der Waals surface area (Å²) in [6.07, 6.45) is 5.41.